The van der Waals surface area contributed by atoms with Crippen LogP contribution in [0, 0.1) is 5.82 Å². The van der Waals surface area contributed by atoms with Gasteiger partial charge in [0.2, 0.25) is 0 Å². The van der Waals surface area contributed by atoms with Crippen molar-refractivity contribution in [2.24, 2.45) is 0 Å². The zero-order chi connectivity index (χ0) is 10.7. The predicted octanol–water partition coefficient (Wildman–Crippen LogP) is 2.35. The highest BCUT2D eigenvalue weighted by Crippen LogP contribution is 2.18. The minimum atomic E-state index is -0.235. The van der Waals surface area contributed by atoms with Crippen molar-refractivity contribution in [3.05, 3.63) is 34.6 Å². The fraction of sp³-hybridized carbons (Fsp3) is 0.455. The van der Waals surface area contributed by atoms with Gasteiger partial charge in [-0.25, -0.2) is 4.39 Å². The van der Waals surface area contributed by atoms with Crippen molar-refractivity contribution >= 4 is 24.0 Å². The Morgan fingerprint density at radius 2 is 2.31 bits per heavy atom. The molecule has 0 aromatic heterocycles. The maximum atomic E-state index is 13.4. The Bertz CT molecular complexity index is 321. The molecule has 0 aliphatic carbocycles. The summed E-state index contributed by atoms with van der Waals surface area (Å²) >= 11 is 5.92. The summed E-state index contributed by atoms with van der Waals surface area (Å²) in [6.07, 6.45) is 1.09. The Kier molecular flexibility index (Phi) is 5.49. The van der Waals surface area contributed by atoms with Crippen LogP contribution < -0.4 is 10.6 Å². The van der Waals surface area contributed by atoms with Gasteiger partial charge in [0.15, 0.2) is 0 Å². The lowest BCUT2D eigenvalue weighted by atomic mass is 10.2. The molecule has 0 saturated carbocycles. The first kappa shape index (κ1) is 13.7. The van der Waals surface area contributed by atoms with E-state index in [1.165, 1.54) is 6.07 Å². The molecule has 1 aliphatic rings. The molecule has 1 unspecified atom stereocenters. The maximum Gasteiger partial charge on any atom is 0.129 e. The molecule has 0 amide bonds. The van der Waals surface area contributed by atoms with Gasteiger partial charge in [0, 0.05) is 29.7 Å². The second kappa shape index (κ2) is 6.40. The lowest BCUT2D eigenvalue weighted by Crippen LogP contribution is -2.30. The number of halogens is 3. The maximum absolute atomic E-state index is 13.4. The van der Waals surface area contributed by atoms with Gasteiger partial charge in [-0.15, -0.1) is 12.4 Å². The molecule has 0 bridgehead atoms. The van der Waals surface area contributed by atoms with E-state index in [0.717, 1.165) is 19.5 Å². The zero-order valence-electron chi connectivity index (χ0n) is 8.80. The van der Waals surface area contributed by atoms with Gasteiger partial charge >= 0.3 is 0 Å². The minimum Gasteiger partial charge on any atom is -0.315 e. The summed E-state index contributed by atoms with van der Waals surface area (Å²) in [5, 5.41) is 7.04. The molecule has 1 atom stereocenters. The van der Waals surface area contributed by atoms with E-state index < -0.39 is 0 Å². The third-order valence-electron chi connectivity index (χ3n) is 2.69. The summed E-state index contributed by atoms with van der Waals surface area (Å²) in [5.74, 6) is -0.235. The third kappa shape index (κ3) is 3.32. The highest BCUT2D eigenvalue weighted by Gasteiger charge is 2.15. The third-order valence-corrected chi connectivity index (χ3v) is 3.04. The van der Waals surface area contributed by atoms with Gasteiger partial charge in [-0.1, -0.05) is 17.7 Å². The molecule has 1 aliphatic heterocycles. The molecule has 2 N–H and O–H groups in total. The van der Waals surface area contributed by atoms with Gasteiger partial charge in [0.1, 0.15) is 5.82 Å². The van der Waals surface area contributed by atoms with Crippen LogP contribution in [0.4, 0.5) is 4.39 Å². The van der Waals surface area contributed by atoms with Crippen molar-refractivity contribution in [2.45, 2.75) is 19.0 Å². The molecule has 0 spiro atoms. The van der Waals surface area contributed by atoms with Gasteiger partial charge in [-0.2, -0.15) is 0 Å². The molecule has 90 valence electrons. The van der Waals surface area contributed by atoms with Crippen LogP contribution in [-0.2, 0) is 6.54 Å². The first-order chi connectivity index (χ1) is 7.27. The van der Waals surface area contributed by atoms with E-state index in [1.807, 2.05) is 0 Å². The Balaban J connectivity index is 0.00000128. The van der Waals surface area contributed by atoms with Crippen LogP contribution in [0.25, 0.3) is 0 Å². The van der Waals surface area contributed by atoms with E-state index in [2.05, 4.69) is 10.6 Å². The Labute approximate surface area is 106 Å². The molecule has 1 aromatic rings. The van der Waals surface area contributed by atoms with E-state index in [4.69, 9.17) is 11.6 Å². The first-order valence-corrected chi connectivity index (χ1v) is 5.52. The van der Waals surface area contributed by atoms with E-state index in [9.17, 15) is 4.39 Å². The predicted molar refractivity (Wildman–Crippen MR) is 66.8 cm³/mol. The summed E-state index contributed by atoms with van der Waals surface area (Å²) in [7, 11) is 0. The summed E-state index contributed by atoms with van der Waals surface area (Å²) in [4.78, 5) is 0. The highest BCUT2D eigenvalue weighted by molar-refractivity contribution is 6.31. The van der Waals surface area contributed by atoms with Crippen LogP contribution in [0.15, 0.2) is 18.2 Å². The lowest BCUT2D eigenvalue weighted by molar-refractivity contribution is 0.527. The lowest BCUT2D eigenvalue weighted by Gasteiger charge is -2.12. The normalized spacial score (nSPS) is 19.5. The number of benzene rings is 1. The molecule has 1 aromatic carbocycles. The van der Waals surface area contributed by atoms with Crippen LogP contribution >= 0.6 is 24.0 Å². The Hall–Kier alpha value is -0.350. The number of hydrogen-bond donors (Lipinski definition) is 2. The average molecular weight is 265 g/mol. The Morgan fingerprint density at radius 1 is 1.50 bits per heavy atom. The van der Waals surface area contributed by atoms with E-state index in [0.29, 0.717) is 23.2 Å². The van der Waals surface area contributed by atoms with Crippen molar-refractivity contribution in [1.82, 2.24) is 10.6 Å². The summed E-state index contributed by atoms with van der Waals surface area (Å²) < 4.78 is 13.4. The summed E-state index contributed by atoms with van der Waals surface area (Å²) in [5.41, 5.74) is 0.561. The second-order valence-electron chi connectivity index (χ2n) is 3.77. The van der Waals surface area contributed by atoms with Gasteiger partial charge in [0.25, 0.3) is 0 Å². The van der Waals surface area contributed by atoms with Gasteiger partial charge < -0.3 is 10.6 Å². The zero-order valence-corrected chi connectivity index (χ0v) is 10.4. The standard InChI is InChI=1S/C11H14ClFN2.ClH/c12-10-2-1-3-11(13)9(10)7-15-8-4-5-14-6-8;/h1-3,8,14-15H,4-7H2;1H. The minimum absolute atomic E-state index is 0. The van der Waals surface area contributed by atoms with E-state index in [1.54, 1.807) is 12.1 Å². The summed E-state index contributed by atoms with van der Waals surface area (Å²) in [6, 6.07) is 5.21. The van der Waals surface area contributed by atoms with Crippen molar-refractivity contribution in [3.63, 3.8) is 0 Å². The van der Waals surface area contributed by atoms with Gasteiger partial charge in [-0.3, -0.25) is 0 Å². The molecule has 16 heavy (non-hydrogen) atoms. The molecule has 1 heterocycles. The monoisotopic (exact) mass is 264 g/mol. The SMILES string of the molecule is Cl.Fc1cccc(Cl)c1CNC1CCNC1. The molecule has 2 rings (SSSR count). The second-order valence-corrected chi connectivity index (χ2v) is 4.18. The van der Waals surface area contributed by atoms with E-state index >= 15 is 0 Å². The van der Waals surface area contributed by atoms with Crippen molar-refractivity contribution in [2.75, 3.05) is 13.1 Å². The number of nitrogens with one attached hydrogen (secondary N) is 2. The van der Waals surface area contributed by atoms with Crippen molar-refractivity contribution in [3.8, 4) is 0 Å². The van der Waals surface area contributed by atoms with Crippen LogP contribution in [-0.4, -0.2) is 19.1 Å². The molecular weight excluding hydrogens is 250 g/mol. The van der Waals surface area contributed by atoms with Gasteiger partial charge in [0.05, 0.1) is 0 Å². The molecular formula is C11H15Cl2FN2. The van der Waals surface area contributed by atoms with Crippen LogP contribution in [0.5, 0.6) is 0 Å². The molecule has 0 radical (unpaired) electrons. The van der Waals surface area contributed by atoms with E-state index in [-0.39, 0.29) is 18.2 Å². The topological polar surface area (TPSA) is 24.1 Å². The highest BCUT2D eigenvalue weighted by atomic mass is 35.5. The number of rotatable bonds is 3. The number of hydrogen-bond acceptors (Lipinski definition) is 2. The average Bonchev–Trinajstić information content (AvgIpc) is 2.70. The molecule has 1 fully saturated rings. The molecule has 1 saturated heterocycles. The smallest absolute Gasteiger partial charge is 0.129 e. The fourth-order valence-corrected chi connectivity index (χ4v) is 2.01. The van der Waals surface area contributed by atoms with Gasteiger partial charge in [-0.05, 0) is 25.1 Å². The molecule has 5 heteroatoms. The quantitative estimate of drug-likeness (QED) is 0.876. The Morgan fingerprint density at radius 3 is 2.94 bits per heavy atom. The summed E-state index contributed by atoms with van der Waals surface area (Å²) in [6.45, 7) is 2.48. The first-order valence-electron chi connectivity index (χ1n) is 5.14. The molecule has 2 nitrogen and oxygen atoms in total. The van der Waals surface area contributed by atoms with Crippen LogP contribution in [0.1, 0.15) is 12.0 Å². The fourth-order valence-electron chi connectivity index (χ4n) is 1.78. The van der Waals surface area contributed by atoms with Crippen LogP contribution in [0.2, 0.25) is 5.02 Å². The largest absolute Gasteiger partial charge is 0.315 e. The van der Waals surface area contributed by atoms with Crippen LogP contribution in [0.3, 0.4) is 0 Å². The van der Waals surface area contributed by atoms with Crippen molar-refractivity contribution in [1.29, 1.82) is 0 Å². The van der Waals surface area contributed by atoms with Crippen molar-refractivity contribution < 1.29 is 4.39 Å².